The first kappa shape index (κ1) is 38.5. The SMILES string of the molecule is CCCCc1ccccc1-c1[c-]c2c(cc1C(C)(C)C)-c1cc(C(C)(C)C)c(-c3ccccc3CCCC)cc1C2.[Cl-].[Cl-].[Zr+3]. The third-order valence-electron chi connectivity index (χ3n) is 8.87. The summed E-state index contributed by atoms with van der Waals surface area (Å²) >= 11 is 0. The number of fused-ring (bicyclic) bond motifs is 3. The number of hydrogen-bond donors (Lipinski definition) is 0. The first-order chi connectivity index (χ1) is 19.5. The van der Waals surface area contributed by atoms with Crippen LogP contribution in [0.4, 0.5) is 0 Å². The molecule has 0 fully saturated rings. The van der Waals surface area contributed by atoms with Crippen LogP contribution in [0.25, 0.3) is 33.4 Å². The monoisotopic (exact) mass is 701 g/mol. The molecule has 231 valence electrons. The Hall–Kier alpha value is -1.66. The van der Waals surface area contributed by atoms with E-state index in [0.29, 0.717) is 0 Å². The maximum Gasteiger partial charge on any atom is 3.00 e. The summed E-state index contributed by atoms with van der Waals surface area (Å²) in [6, 6.07) is 29.8. The minimum Gasteiger partial charge on any atom is -1.00 e. The summed E-state index contributed by atoms with van der Waals surface area (Å²) in [7, 11) is 0. The van der Waals surface area contributed by atoms with Crippen LogP contribution in [0.15, 0.2) is 66.7 Å². The predicted octanol–water partition coefficient (Wildman–Crippen LogP) is 5.68. The summed E-state index contributed by atoms with van der Waals surface area (Å²) < 4.78 is 0. The summed E-state index contributed by atoms with van der Waals surface area (Å²) in [5, 5.41) is 0. The molecule has 4 aromatic carbocycles. The fraction of sp³-hybridized carbons (Fsp3) is 0.415. The number of halogens is 2. The smallest absolute Gasteiger partial charge is 1.00 e. The van der Waals surface area contributed by atoms with Gasteiger partial charge in [0, 0.05) is 0 Å². The second kappa shape index (κ2) is 15.8. The average Bonchev–Trinajstić information content (AvgIpc) is 3.29. The van der Waals surface area contributed by atoms with Crippen molar-refractivity contribution in [1.29, 1.82) is 0 Å². The van der Waals surface area contributed by atoms with Crippen LogP contribution in [0.5, 0.6) is 0 Å². The quantitative estimate of drug-likeness (QED) is 0.183. The van der Waals surface area contributed by atoms with Crippen LogP contribution in [-0.4, -0.2) is 0 Å². The minimum absolute atomic E-state index is 0. The molecule has 5 rings (SSSR count). The molecule has 0 bridgehead atoms. The Balaban J connectivity index is 0.00000225. The molecule has 1 aliphatic carbocycles. The molecule has 0 spiro atoms. The van der Waals surface area contributed by atoms with Gasteiger partial charge in [0.1, 0.15) is 0 Å². The van der Waals surface area contributed by atoms with Crippen molar-refractivity contribution < 1.29 is 51.0 Å². The average molecular weight is 704 g/mol. The molecule has 4 aromatic rings. The van der Waals surface area contributed by atoms with Gasteiger partial charge in [-0.2, -0.15) is 0 Å². The standard InChI is InChI=1S/C41H49.2ClH.Zr/c1-9-11-17-28-19-13-15-21-32(28)36-24-30-23-31-25-37(33-22-16-14-20-29(33)18-12-10-2)39(41(6,7)8)27-35(31)34(30)26-38(36)40(3,4)5;;;/h13-16,19-22,24,26-27H,9-12,17-18,23H2,1-8H3;2*1H;/q-1;;;+3/p-2. The predicted molar refractivity (Wildman–Crippen MR) is 179 cm³/mol. The molecule has 0 unspecified atom stereocenters. The molecule has 0 N–H and O–H groups in total. The third kappa shape index (κ3) is 8.00. The van der Waals surface area contributed by atoms with Gasteiger partial charge in [-0.05, 0) is 64.3 Å². The molecule has 1 aliphatic rings. The maximum atomic E-state index is 4.04. The van der Waals surface area contributed by atoms with Crippen molar-refractivity contribution in [2.24, 2.45) is 0 Å². The zero-order valence-corrected chi connectivity index (χ0v) is 32.0. The van der Waals surface area contributed by atoms with Gasteiger partial charge in [0.15, 0.2) is 0 Å². The van der Waals surface area contributed by atoms with Crippen LogP contribution < -0.4 is 24.8 Å². The van der Waals surface area contributed by atoms with E-state index in [1.807, 2.05) is 0 Å². The number of benzene rings is 4. The third-order valence-corrected chi connectivity index (χ3v) is 8.87. The second-order valence-corrected chi connectivity index (χ2v) is 14.2. The van der Waals surface area contributed by atoms with Crippen molar-refractivity contribution in [1.82, 2.24) is 0 Å². The van der Waals surface area contributed by atoms with Gasteiger partial charge >= 0.3 is 26.2 Å². The van der Waals surface area contributed by atoms with Crippen molar-refractivity contribution in [3.05, 3.63) is 106 Å². The van der Waals surface area contributed by atoms with Gasteiger partial charge < -0.3 is 24.8 Å². The van der Waals surface area contributed by atoms with Crippen LogP contribution in [0.1, 0.15) is 114 Å². The fourth-order valence-corrected chi connectivity index (χ4v) is 6.57. The number of aryl methyl sites for hydroxylation is 2. The zero-order chi connectivity index (χ0) is 29.4. The van der Waals surface area contributed by atoms with Crippen LogP contribution in [0.2, 0.25) is 0 Å². The Labute approximate surface area is 299 Å². The number of unbranched alkanes of at least 4 members (excludes halogenated alkanes) is 2. The normalized spacial score (nSPS) is 12.0. The molecular weight excluding hydrogens is 655 g/mol. The van der Waals surface area contributed by atoms with Gasteiger partial charge in [-0.1, -0.05) is 158 Å². The fourth-order valence-electron chi connectivity index (χ4n) is 6.57. The van der Waals surface area contributed by atoms with E-state index in [4.69, 9.17) is 0 Å². The minimum atomic E-state index is 0. The van der Waals surface area contributed by atoms with Crippen molar-refractivity contribution in [2.75, 3.05) is 0 Å². The molecule has 0 saturated heterocycles. The summed E-state index contributed by atoms with van der Waals surface area (Å²) in [6.45, 7) is 18.7. The topological polar surface area (TPSA) is 0 Å². The summed E-state index contributed by atoms with van der Waals surface area (Å²) in [5.41, 5.74) is 16.9. The van der Waals surface area contributed by atoms with Crippen molar-refractivity contribution in [3.8, 4) is 33.4 Å². The molecule has 0 heterocycles. The summed E-state index contributed by atoms with van der Waals surface area (Å²) in [6.07, 6.45) is 8.09. The van der Waals surface area contributed by atoms with Crippen molar-refractivity contribution >= 4 is 0 Å². The Morgan fingerprint density at radius 3 is 1.64 bits per heavy atom. The molecule has 0 atom stereocenters. The largest absolute Gasteiger partial charge is 3.00 e. The van der Waals surface area contributed by atoms with Gasteiger partial charge in [-0.25, -0.2) is 0 Å². The van der Waals surface area contributed by atoms with Gasteiger partial charge in [0.2, 0.25) is 0 Å². The van der Waals surface area contributed by atoms with Crippen molar-refractivity contribution in [3.63, 3.8) is 0 Å². The van der Waals surface area contributed by atoms with Crippen LogP contribution in [0, 0.1) is 6.07 Å². The molecule has 3 heteroatoms. The second-order valence-electron chi connectivity index (χ2n) is 14.2. The van der Waals surface area contributed by atoms with Gasteiger partial charge in [-0.3, -0.25) is 0 Å². The van der Waals surface area contributed by atoms with Crippen LogP contribution >= 0.6 is 0 Å². The molecule has 1 radical (unpaired) electrons. The first-order valence-corrected chi connectivity index (χ1v) is 16.0. The van der Waals surface area contributed by atoms with E-state index in [1.54, 1.807) is 0 Å². The summed E-state index contributed by atoms with van der Waals surface area (Å²) in [4.78, 5) is 0. The number of rotatable bonds is 8. The van der Waals surface area contributed by atoms with E-state index < -0.39 is 0 Å². The molecule has 0 amide bonds. The van der Waals surface area contributed by atoms with Gasteiger partial charge in [-0.15, -0.1) is 28.8 Å². The molecule has 0 nitrogen and oxygen atoms in total. The van der Waals surface area contributed by atoms with Gasteiger partial charge in [0.25, 0.3) is 0 Å². The van der Waals surface area contributed by atoms with E-state index in [2.05, 4.69) is 128 Å². The van der Waals surface area contributed by atoms with E-state index in [-0.39, 0.29) is 61.8 Å². The Morgan fingerprint density at radius 2 is 1.09 bits per heavy atom. The molecular formula is C41H49Cl2Zr. The van der Waals surface area contributed by atoms with Gasteiger partial charge in [0.05, 0.1) is 0 Å². The van der Waals surface area contributed by atoms with Crippen LogP contribution in [0.3, 0.4) is 0 Å². The van der Waals surface area contributed by atoms with E-state index in [9.17, 15) is 0 Å². The van der Waals surface area contributed by atoms with Crippen molar-refractivity contribution in [2.45, 2.75) is 111 Å². The molecule has 0 aliphatic heterocycles. The van der Waals surface area contributed by atoms with E-state index in [1.165, 1.54) is 92.4 Å². The Morgan fingerprint density at radius 1 is 0.591 bits per heavy atom. The van der Waals surface area contributed by atoms with E-state index in [0.717, 1.165) is 19.3 Å². The Kier molecular flexibility index (Phi) is 13.8. The maximum absolute atomic E-state index is 4.04. The molecule has 0 aromatic heterocycles. The van der Waals surface area contributed by atoms with Crippen LogP contribution in [-0.2, 0) is 56.3 Å². The van der Waals surface area contributed by atoms with E-state index >= 15 is 0 Å². The number of hydrogen-bond acceptors (Lipinski definition) is 0. The summed E-state index contributed by atoms with van der Waals surface area (Å²) in [5.74, 6) is 0. The first-order valence-electron chi connectivity index (χ1n) is 16.0. The molecule has 0 saturated carbocycles. The Bertz CT molecular complexity index is 1440. The zero-order valence-electron chi connectivity index (χ0n) is 28.1. The molecule has 44 heavy (non-hydrogen) atoms.